The zero-order valence-corrected chi connectivity index (χ0v) is 15.3. The van der Waals surface area contributed by atoms with Crippen LogP contribution in [0.3, 0.4) is 0 Å². The minimum atomic E-state index is -4.02. The summed E-state index contributed by atoms with van der Waals surface area (Å²) in [6.45, 7) is 0. The van der Waals surface area contributed by atoms with Crippen molar-refractivity contribution in [2.24, 2.45) is 0 Å². The summed E-state index contributed by atoms with van der Waals surface area (Å²) in [5, 5.41) is 9.30. The van der Waals surface area contributed by atoms with Crippen molar-refractivity contribution in [1.29, 1.82) is 5.26 Å². The van der Waals surface area contributed by atoms with Gasteiger partial charge in [-0.25, -0.2) is 8.42 Å². The van der Waals surface area contributed by atoms with Gasteiger partial charge in [0.25, 0.3) is 10.0 Å². The van der Waals surface area contributed by atoms with E-state index in [9.17, 15) is 8.42 Å². The van der Waals surface area contributed by atoms with E-state index in [0.717, 1.165) is 11.3 Å². The minimum absolute atomic E-state index is 0.0138. The molecule has 0 spiro atoms. The Bertz CT molecular complexity index is 859. The molecule has 21 heavy (non-hydrogen) atoms. The highest BCUT2D eigenvalue weighted by atomic mass is 79.9. The van der Waals surface area contributed by atoms with Crippen molar-refractivity contribution >= 4 is 77.8 Å². The molecule has 0 atom stereocenters. The molecule has 1 aromatic heterocycles. The van der Waals surface area contributed by atoms with Crippen LogP contribution in [-0.4, -0.2) is 8.42 Å². The molecular weight excluding hydrogens is 443 g/mol. The number of halogens is 4. The first-order valence-electron chi connectivity index (χ1n) is 5.12. The molecule has 0 radical (unpaired) electrons. The molecule has 2 aromatic rings. The van der Waals surface area contributed by atoms with Gasteiger partial charge in [-0.3, -0.25) is 4.72 Å². The van der Waals surface area contributed by atoms with E-state index in [2.05, 4.69) is 20.7 Å². The standard InChI is InChI=1S/C11H4BrCl3N2O2S2/c12-8-9(11(15)20-10(8)14)21(18,19)17-7-3-6(13)2-1-5(7)4-16/h1-3,17H. The van der Waals surface area contributed by atoms with Crippen LogP contribution >= 0.6 is 62.1 Å². The molecule has 4 nitrogen and oxygen atoms in total. The lowest BCUT2D eigenvalue weighted by Crippen LogP contribution is -2.14. The summed E-state index contributed by atoms with van der Waals surface area (Å²) in [7, 11) is -4.02. The number of benzene rings is 1. The van der Waals surface area contributed by atoms with Gasteiger partial charge in [-0.15, -0.1) is 11.3 Å². The van der Waals surface area contributed by atoms with E-state index in [-0.39, 0.29) is 29.3 Å². The monoisotopic (exact) mass is 444 g/mol. The Labute approximate surface area is 148 Å². The van der Waals surface area contributed by atoms with Crippen LogP contribution in [0, 0.1) is 11.3 Å². The van der Waals surface area contributed by atoms with Gasteiger partial charge in [0.05, 0.1) is 15.7 Å². The van der Waals surface area contributed by atoms with Gasteiger partial charge < -0.3 is 0 Å². The van der Waals surface area contributed by atoms with E-state index in [1.54, 1.807) is 0 Å². The number of nitriles is 1. The summed E-state index contributed by atoms with van der Waals surface area (Å²) >= 11 is 21.6. The largest absolute Gasteiger partial charge is 0.278 e. The number of thiophene rings is 1. The van der Waals surface area contributed by atoms with Gasteiger partial charge in [-0.1, -0.05) is 34.8 Å². The zero-order valence-electron chi connectivity index (χ0n) is 9.82. The topological polar surface area (TPSA) is 70.0 Å². The molecular formula is C11H4BrCl3N2O2S2. The second-order valence-corrected chi connectivity index (χ2v) is 8.77. The summed E-state index contributed by atoms with van der Waals surface area (Å²) in [6.07, 6.45) is 0. The first-order valence-corrected chi connectivity index (χ1v) is 9.34. The Kier molecular flexibility index (Phi) is 5.08. The van der Waals surface area contributed by atoms with Crippen molar-refractivity contribution in [1.82, 2.24) is 0 Å². The number of nitrogens with zero attached hydrogens (tertiary/aromatic N) is 1. The normalized spacial score (nSPS) is 11.2. The average Bonchev–Trinajstić information content (AvgIpc) is 2.63. The zero-order chi connectivity index (χ0) is 15.8. The Hall–Kier alpha value is -0.490. The summed E-state index contributed by atoms with van der Waals surface area (Å²) in [5.41, 5.74) is 0.201. The van der Waals surface area contributed by atoms with E-state index in [4.69, 9.17) is 40.1 Å². The Morgan fingerprint density at radius 2 is 1.90 bits per heavy atom. The van der Waals surface area contributed by atoms with Gasteiger partial charge in [0, 0.05) is 5.02 Å². The average molecular weight is 447 g/mol. The fourth-order valence-corrected chi connectivity index (χ4v) is 6.26. The Morgan fingerprint density at radius 1 is 1.24 bits per heavy atom. The highest BCUT2D eigenvalue weighted by Crippen LogP contribution is 2.43. The third kappa shape index (κ3) is 3.47. The van der Waals surface area contributed by atoms with Gasteiger partial charge in [-0.2, -0.15) is 5.26 Å². The third-order valence-electron chi connectivity index (χ3n) is 2.34. The van der Waals surface area contributed by atoms with E-state index in [1.165, 1.54) is 18.2 Å². The van der Waals surface area contributed by atoms with Crippen molar-refractivity contribution in [2.75, 3.05) is 4.72 Å². The molecule has 1 N–H and O–H groups in total. The van der Waals surface area contributed by atoms with Crippen LogP contribution in [0.5, 0.6) is 0 Å². The van der Waals surface area contributed by atoms with Crippen LogP contribution in [0.1, 0.15) is 5.56 Å². The van der Waals surface area contributed by atoms with Gasteiger partial charge in [-0.05, 0) is 34.1 Å². The van der Waals surface area contributed by atoms with E-state index in [0.29, 0.717) is 5.02 Å². The minimum Gasteiger partial charge on any atom is -0.278 e. The molecule has 0 fully saturated rings. The Morgan fingerprint density at radius 3 is 2.43 bits per heavy atom. The van der Waals surface area contributed by atoms with Crippen molar-refractivity contribution in [2.45, 2.75) is 4.90 Å². The van der Waals surface area contributed by atoms with Gasteiger partial charge in [0.15, 0.2) is 0 Å². The lowest BCUT2D eigenvalue weighted by molar-refractivity contribution is 0.601. The smallest absolute Gasteiger partial charge is 0.265 e. The van der Waals surface area contributed by atoms with Gasteiger partial charge >= 0.3 is 0 Å². The highest BCUT2D eigenvalue weighted by Gasteiger charge is 2.27. The molecule has 0 bridgehead atoms. The summed E-state index contributed by atoms with van der Waals surface area (Å²) in [6, 6.07) is 6.12. The molecule has 1 aromatic carbocycles. The number of anilines is 1. The third-order valence-corrected chi connectivity index (χ3v) is 7.41. The first-order chi connectivity index (χ1) is 9.76. The van der Waals surface area contributed by atoms with E-state index < -0.39 is 10.0 Å². The lowest BCUT2D eigenvalue weighted by atomic mass is 10.2. The molecule has 0 saturated carbocycles. The number of sulfonamides is 1. The van der Waals surface area contributed by atoms with Crippen LogP contribution in [-0.2, 0) is 10.0 Å². The van der Waals surface area contributed by atoms with Crippen LogP contribution in [0.15, 0.2) is 27.6 Å². The summed E-state index contributed by atoms with van der Waals surface area (Å²) < 4.78 is 27.5. The fraction of sp³-hybridized carbons (Fsp3) is 0. The number of hydrogen-bond acceptors (Lipinski definition) is 4. The predicted octanol–water partition coefficient (Wildman–Crippen LogP) is 5.14. The lowest BCUT2D eigenvalue weighted by Gasteiger charge is -2.09. The maximum absolute atomic E-state index is 12.4. The molecule has 2 rings (SSSR count). The van der Waals surface area contributed by atoms with Crippen molar-refractivity contribution in [3.8, 4) is 6.07 Å². The van der Waals surface area contributed by atoms with Gasteiger partial charge in [0.2, 0.25) is 0 Å². The Balaban J connectivity index is 2.53. The molecule has 10 heteroatoms. The van der Waals surface area contributed by atoms with Crippen molar-refractivity contribution in [3.05, 3.63) is 41.9 Å². The number of hydrogen-bond donors (Lipinski definition) is 1. The van der Waals surface area contributed by atoms with Crippen LogP contribution in [0.25, 0.3) is 0 Å². The SMILES string of the molecule is N#Cc1ccc(Cl)cc1NS(=O)(=O)c1c(Cl)sc(Cl)c1Br. The quantitative estimate of drug-likeness (QED) is 0.709. The van der Waals surface area contributed by atoms with E-state index >= 15 is 0 Å². The van der Waals surface area contributed by atoms with Crippen LogP contribution in [0.2, 0.25) is 13.7 Å². The van der Waals surface area contributed by atoms with E-state index in [1.807, 2.05) is 6.07 Å². The fourth-order valence-electron chi connectivity index (χ4n) is 1.46. The van der Waals surface area contributed by atoms with Crippen LogP contribution in [0.4, 0.5) is 5.69 Å². The number of nitrogens with one attached hydrogen (secondary N) is 1. The molecule has 0 aliphatic heterocycles. The highest BCUT2D eigenvalue weighted by molar-refractivity contribution is 9.10. The molecule has 0 amide bonds. The molecule has 0 aliphatic carbocycles. The molecule has 0 saturated heterocycles. The summed E-state index contributed by atoms with van der Waals surface area (Å²) in [5.74, 6) is 0. The van der Waals surface area contributed by atoms with Crippen LogP contribution < -0.4 is 4.72 Å². The molecule has 0 aliphatic rings. The first kappa shape index (κ1) is 16.9. The predicted molar refractivity (Wildman–Crippen MR) is 89.0 cm³/mol. The molecule has 0 unspecified atom stereocenters. The number of rotatable bonds is 3. The second kappa shape index (κ2) is 6.32. The maximum Gasteiger partial charge on any atom is 0.265 e. The molecule has 1 heterocycles. The van der Waals surface area contributed by atoms with Gasteiger partial charge in [0.1, 0.15) is 19.6 Å². The van der Waals surface area contributed by atoms with Crippen molar-refractivity contribution < 1.29 is 8.42 Å². The summed E-state index contributed by atoms with van der Waals surface area (Å²) in [4.78, 5) is -0.178. The molecule has 110 valence electrons. The second-order valence-electron chi connectivity index (χ2n) is 3.70. The maximum atomic E-state index is 12.4. The van der Waals surface area contributed by atoms with Crippen molar-refractivity contribution in [3.63, 3.8) is 0 Å².